The van der Waals surface area contributed by atoms with E-state index < -0.39 is 0 Å². The Bertz CT molecular complexity index is 126. The molecule has 0 aromatic heterocycles. The molecule has 1 unspecified atom stereocenters. The van der Waals surface area contributed by atoms with Crippen molar-refractivity contribution in [3.8, 4) is 0 Å². The molecule has 0 saturated carbocycles. The zero-order chi connectivity index (χ0) is 9.40. The molecule has 0 saturated heterocycles. The lowest BCUT2D eigenvalue weighted by Crippen LogP contribution is -2.27. The standard InChI is InChI=1S/C9H19NO2/c1-4-9(5-6-12-3)7-10-8(2)11/h9H,4-7H2,1-3H3,(H,10,11). The lowest BCUT2D eigenvalue weighted by atomic mass is 10.0. The maximum atomic E-state index is 10.6. The third kappa shape index (κ3) is 6.16. The van der Waals surface area contributed by atoms with Crippen LogP contribution in [-0.4, -0.2) is 26.2 Å². The van der Waals surface area contributed by atoms with Crippen molar-refractivity contribution in [2.75, 3.05) is 20.3 Å². The second-order valence-corrected chi connectivity index (χ2v) is 2.99. The van der Waals surface area contributed by atoms with Gasteiger partial charge in [-0.05, 0) is 12.3 Å². The van der Waals surface area contributed by atoms with Gasteiger partial charge in [0.1, 0.15) is 0 Å². The molecule has 0 aliphatic heterocycles. The van der Waals surface area contributed by atoms with Gasteiger partial charge >= 0.3 is 0 Å². The van der Waals surface area contributed by atoms with E-state index in [-0.39, 0.29) is 5.91 Å². The van der Waals surface area contributed by atoms with Gasteiger partial charge in [-0.3, -0.25) is 4.79 Å². The van der Waals surface area contributed by atoms with Crippen molar-refractivity contribution in [2.45, 2.75) is 26.7 Å². The average molecular weight is 173 g/mol. The van der Waals surface area contributed by atoms with E-state index in [1.165, 1.54) is 0 Å². The predicted octanol–water partition coefficient (Wildman–Crippen LogP) is 1.19. The zero-order valence-corrected chi connectivity index (χ0v) is 8.22. The lowest BCUT2D eigenvalue weighted by molar-refractivity contribution is -0.119. The van der Waals surface area contributed by atoms with Gasteiger partial charge < -0.3 is 10.1 Å². The second kappa shape index (κ2) is 7.10. The summed E-state index contributed by atoms with van der Waals surface area (Å²) in [6, 6.07) is 0. The Morgan fingerprint density at radius 2 is 2.25 bits per heavy atom. The van der Waals surface area contributed by atoms with Crippen LogP contribution < -0.4 is 5.32 Å². The minimum Gasteiger partial charge on any atom is -0.385 e. The van der Waals surface area contributed by atoms with Crippen molar-refractivity contribution in [3.63, 3.8) is 0 Å². The second-order valence-electron chi connectivity index (χ2n) is 2.99. The van der Waals surface area contributed by atoms with Crippen LogP contribution in [0.4, 0.5) is 0 Å². The summed E-state index contributed by atoms with van der Waals surface area (Å²) in [4.78, 5) is 10.6. The number of amides is 1. The smallest absolute Gasteiger partial charge is 0.216 e. The summed E-state index contributed by atoms with van der Waals surface area (Å²) in [6.07, 6.45) is 2.11. The minimum atomic E-state index is 0.0471. The van der Waals surface area contributed by atoms with Crippen LogP contribution in [0.3, 0.4) is 0 Å². The lowest BCUT2D eigenvalue weighted by Gasteiger charge is -2.13. The summed E-state index contributed by atoms with van der Waals surface area (Å²) in [5.41, 5.74) is 0. The van der Waals surface area contributed by atoms with Crippen molar-refractivity contribution >= 4 is 5.91 Å². The summed E-state index contributed by atoms with van der Waals surface area (Å²) < 4.78 is 4.97. The predicted molar refractivity (Wildman–Crippen MR) is 49.0 cm³/mol. The van der Waals surface area contributed by atoms with Gasteiger partial charge in [0, 0.05) is 27.2 Å². The third-order valence-electron chi connectivity index (χ3n) is 1.95. The van der Waals surface area contributed by atoms with Crippen LogP contribution in [0.1, 0.15) is 26.7 Å². The molecular formula is C9H19NO2. The van der Waals surface area contributed by atoms with E-state index in [2.05, 4.69) is 12.2 Å². The Morgan fingerprint density at radius 3 is 2.67 bits per heavy atom. The van der Waals surface area contributed by atoms with Crippen LogP contribution in [0.2, 0.25) is 0 Å². The monoisotopic (exact) mass is 173 g/mol. The Hall–Kier alpha value is -0.570. The van der Waals surface area contributed by atoms with Crippen LogP contribution in [0.25, 0.3) is 0 Å². The minimum absolute atomic E-state index is 0.0471. The van der Waals surface area contributed by atoms with E-state index in [9.17, 15) is 4.79 Å². The van der Waals surface area contributed by atoms with Crippen LogP contribution in [-0.2, 0) is 9.53 Å². The molecule has 3 nitrogen and oxygen atoms in total. The number of nitrogens with one attached hydrogen (secondary N) is 1. The number of hydrogen-bond acceptors (Lipinski definition) is 2. The third-order valence-corrected chi connectivity index (χ3v) is 1.95. The fraction of sp³-hybridized carbons (Fsp3) is 0.889. The van der Waals surface area contributed by atoms with Gasteiger partial charge in [0.2, 0.25) is 5.91 Å². The molecule has 0 heterocycles. The summed E-state index contributed by atoms with van der Waals surface area (Å²) in [5.74, 6) is 0.597. The first-order valence-corrected chi connectivity index (χ1v) is 4.44. The molecule has 12 heavy (non-hydrogen) atoms. The molecule has 1 atom stereocenters. The molecule has 0 aromatic rings. The highest BCUT2D eigenvalue weighted by atomic mass is 16.5. The number of carbonyl (C=O) groups excluding carboxylic acids is 1. The topological polar surface area (TPSA) is 38.3 Å². The molecule has 1 N–H and O–H groups in total. The van der Waals surface area contributed by atoms with Gasteiger partial charge in [0.05, 0.1) is 0 Å². The number of ether oxygens (including phenoxy) is 1. The van der Waals surface area contributed by atoms with E-state index in [1.807, 2.05) is 0 Å². The number of methoxy groups -OCH3 is 1. The van der Waals surface area contributed by atoms with Crippen LogP contribution in [0.15, 0.2) is 0 Å². The van der Waals surface area contributed by atoms with Crippen LogP contribution in [0.5, 0.6) is 0 Å². The van der Waals surface area contributed by atoms with E-state index in [0.717, 1.165) is 26.0 Å². The van der Waals surface area contributed by atoms with Crippen molar-refractivity contribution in [3.05, 3.63) is 0 Å². The molecule has 0 bridgehead atoms. The maximum absolute atomic E-state index is 10.6. The first-order valence-electron chi connectivity index (χ1n) is 4.44. The van der Waals surface area contributed by atoms with Gasteiger partial charge in [-0.1, -0.05) is 13.3 Å². The molecule has 0 aliphatic carbocycles. The summed E-state index contributed by atoms with van der Waals surface area (Å²) in [5, 5.41) is 2.81. The normalized spacial score (nSPS) is 12.6. The Kier molecular flexibility index (Phi) is 6.76. The van der Waals surface area contributed by atoms with Crippen molar-refractivity contribution in [1.82, 2.24) is 5.32 Å². The molecule has 0 radical (unpaired) electrons. The summed E-state index contributed by atoms with van der Waals surface area (Å²) >= 11 is 0. The highest BCUT2D eigenvalue weighted by molar-refractivity contribution is 5.72. The molecular weight excluding hydrogens is 154 g/mol. The van der Waals surface area contributed by atoms with Crippen LogP contribution in [0, 0.1) is 5.92 Å². The SMILES string of the molecule is CCC(CCOC)CNC(C)=O. The van der Waals surface area contributed by atoms with Gasteiger partial charge in [-0.15, -0.1) is 0 Å². The summed E-state index contributed by atoms with van der Waals surface area (Å²) in [6.45, 7) is 5.22. The first-order chi connectivity index (χ1) is 5.70. The molecule has 0 fully saturated rings. The van der Waals surface area contributed by atoms with E-state index in [0.29, 0.717) is 5.92 Å². The van der Waals surface area contributed by atoms with Gasteiger partial charge in [-0.2, -0.15) is 0 Å². The van der Waals surface area contributed by atoms with Gasteiger partial charge in [0.25, 0.3) is 0 Å². The van der Waals surface area contributed by atoms with Crippen LogP contribution >= 0.6 is 0 Å². The van der Waals surface area contributed by atoms with E-state index >= 15 is 0 Å². The molecule has 0 aromatic carbocycles. The zero-order valence-electron chi connectivity index (χ0n) is 8.22. The average Bonchev–Trinajstić information content (AvgIpc) is 2.05. The molecule has 0 aliphatic rings. The van der Waals surface area contributed by atoms with E-state index in [4.69, 9.17) is 4.74 Å². The number of rotatable bonds is 6. The fourth-order valence-corrected chi connectivity index (χ4v) is 1.02. The maximum Gasteiger partial charge on any atom is 0.216 e. The number of carbonyl (C=O) groups is 1. The van der Waals surface area contributed by atoms with Crippen molar-refractivity contribution in [1.29, 1.82) is 0 Å². The van der Waals surface area contributed by atoms with Gasteiger partial charge in [0.15, 0.2) is 0 Å². The van der Waals surface area contributed by atoms with Crippen molar-refractivity contribution in [2.24, 2.45) is 5.92 Å². The van der Waals surface area contributed by atoms with Gasteiger partial charge in [-0.25, -0.2) is 0 Å². The molecule has 72 valence electrons. The molecule has 0 rings (SSSR count). The Labute approximate surface area is 74.5 Å². The molecule has 1 amide bonds. The summed E-state index contributed by atoms with van der Waals surface area (Å²) in [7, 11) is 1.70. The largest absolute Gasteiger partial charge is 0.385 e. The quantitative estimate of drug-likeness (QED) is 0.655. The first kappa shape index (κ1) is 11.4. The Morgan fingerprint density at radius 1 is 1.58 bits per heavy atom. The number of hydrogen-bond donors (Lipinski definition) is 1. The molecule has 0 spiro atoms. The molecule has 3 heteroatoms. The highest BCUT2D eigenvalue weighted by Gasteiger charge is 2.05. The van der Waals surface area contributed by atoms with Crippen molar-refractivity contribution < 1.29 is 9.53 Å². The highest BCUT2D eigenvalue weighted by Crippen LogP contribution is 2.06. The Balaban J connectivity index is 3.45. The van der Waals surface area contributed by atoms with E-state index in [1.54, 1.807) is 14.0 Å². The fourth-order valence-electron chi connectivity index (χ4n) is 1.02.